The summed E-state index contributed by atoms with van der Waals surface area (Å²) in [6.45, 7) is 26.4. The number of hydrogen-bond acceptors (Lipinski definition) is 3. The van der Waals surface area contributed by atoms with Gasteiger partial charge in [-0.3, -0.25) is 0 Å². The maximum absolute atomic E-state index is 9.31. The fraction of sp³-hybridized carbons (Fsp3) is 0.882. The van der Waals surface area contributed by atoms with E-state index in [9.17, 15) is 5.11 Å². The Labute approximate surface area is 244 Å². The first-order valence-corrected chi connectivity index (χ1v) is 22.0. The Morgan fingerprint density at radius 1 is 0.923 bits per heavy atom. The third-order valence-electron chi connectivity index (χ3n) is 11.3. The second-order valence-corrected chi connectivity index (χ2v) is 25.6. The third-order valence-corrected chi connectivity index (χ3v) is 20.2. The number of hydrogen-bond donors (Lipinski definition) is 1. The van der Waals surface area contributed by atoms with E-state index in [0.29, 0.717) is 23.7 Å². The van der Waals surface area contributed by atoms with Gasteiger partial charge in [-0.15, -0.1) is 0 Å². The summed E-state index contributed by atoms with van der Waals surface area (Å²) in [6.07, 6.45) is 13.4. The SMILES string of the molecule is CC1/C(=C/CCCO)[C@H]2CC[C@@H](O[Si](C)(C)C(C)(C)C)[C@H](C#CC(O[Si](C)(C)C(C)(C)C)C3CCCCC3)[C@@H]12. The van der Waals surface area contributed by atoms with E-state index >= 15 is 0 Å². The van der Waals surface area contributed by atoms with Crippen LogP contribution in [0.4, 0.5) is 0 Å². The molecule has 3 aliphatic rings. The van der Waals surface area contributed by atoms with Gasteiger partial charge in [0, 0.05) is 12.5 Å². The zero-order valence-corrected chi connectivity index (χ0v) is 29.5. The van der Waals surface area contributed by atoms with Crippen LogP contribution < -0.4 is 0 Å². The van der Waals surface area contributed by atoms with E-state index < -0.39 is 16.6 Å². The molecule has 6 atom stereocenters. The molecule has 5 heteroatoms. The highest BCUT2D eigenvalue weighted by Gasteiger charge is 2.53. The van der Waals surface area contributed by atoms with Crippen LogP contribution in [0.15, 0.2) is 11.6 Å². The number of unbranched alkanes of at least 4 members (excludes halogenated alkanes) is 1. The van der Waals surface area contributed by atoms with Gasteiger partial charge in [0.15, 0.2) is 16.6 Å². The van der Waals surface area contributed by atoms with Gasteiger partial charge in [-0.1, -0.05) is 91.2 Å². The van der Waals surface area contributed by atoms with Gasteiger partial charge in [0.05, 0.1) is 6.10 Å². The van der Waals surface area contributed by atoms with Crippen LogP contribution in [0.1, 0.15) is 106 Å². The molecule has 1 N–H and O–H groups in total. The molecule has 0 aromatic carbocycles. The van der Waals surface area contributed by atoms with E-state index in [-0.39, 0.29) is 34.8 Å². The van der Waals surface area contributed by atoms with Crippen molar-refractivity contribution < 1.29 is 14.0 Å². The quantitative estimate of drug-likeness (QED) is 0.136. The maximum atomic E-state index is 9.31. The lowest BCUT2D eigenvalue weighted by molar-refractivity contribution is -0.00749. The van der Waals surface area contributed by atoms with E-state index in [1.165, 1.54) is 38.5 Å². The normalized spacial score (nSPS) is 30.8. The molecule has 0 aliphatic heterocycles. The monoisotopic (exact) mass is 574 g/mol. The summed E-state index contributed by atoms with van der Waals surface area (Å²) in [6, 6.07) is 0. The number of rotatable bonds is 8. The molecule has 0 saturated heterocycles. The Hall–Kier alpha value is -0.386. The van der Waals surface area contributed by atoms with Gasteiger partial charge < -0.3 is 14.0 Å². The Morgan fingerprint density at radius 2 is 1.54 bits per heavy atom. The van der Waals surface area contributed by atoms with Crippen molar-refractivity contribution in [3.8, 4) is 11.8 Å². The van der Waals surface area contributed by atoms with Crippen molar-refractivity contribution in [2.24, 2.45) is 29.6 Å². The van der Waals surface area contributed by atoms with Crippen molar-refractivity contribution in [1.82, 2.24) is 0 Å². The van der Waals surface area contributed by atoms with E-state index in [4.69, 9.17) is 8.85 Å². The van der Waals surface area contributed by atoms with Crippen LogP contribution in [0.2, 0.25) is 36.3 Å². The minimum Gasteiger partial charge on any atom is -0.413 e. The van der Waals surface area contributed by atoms with Gasteiger partial charge >= 0.3 is 0 Å². The van der Waals surface area contributed by atoms with Gasteiger partial charge in [0.25, 0.3) is 0 Å². The molecule has 0 aromatic rings. The van der Waals surface area contributed by atoms with Crippen molar-refractivity contribution in [3.05, 3.63) is 11.6 Å². The predicted molar refractivity (Wildman–Crippen MR) is 172 cm³/mol. The van der Waals surface area contributed by atoms with Crippen molar-refractivity contribution >= 4 is 16.6 Å². The summed E-state index contributed by atoms with van der Waals surface area (Å²) >= 11 is 0. The second-order valence-electron chi connectivity index (χ2n) is 16.0. The third kappa shape index (κ3) is 7.72. The number of aliphatic hydroxyl groups excluding tert-OH is 1. The van der Waals surface area contributed by atoms with Crippen LogP contribution in [0.5, 0.6) is 0 Å². The average Bonchev–Trinajstić information content (AvgIpc) is 2.83. The molecule has 0 radical (unpaired) electrons. The van der Waals surface area contributed by atoms with Gasteiger partial charge in [-0.05, 0) is 98.5 Å². The highest BCUT2D eigenvalue weighted by atomic mass is 28.4. The lowest BCUT2D eigenvalue weighted by Gasteiger charge is -2.55. The Morgan fingerprint density at radius 3 is 2.10 bits per heavy atom. The molecule has 0 amide bonds. The Bertz CT molecular complexity index is 892. The van der Waals surface area contributed by atoms with E-state index in [2.05, 4.69) is 92.6 Å². The summed E-state index contributed by atoms with van der Waals surface area (Å²) in [4.78, 5) is 0. The Balaban J connectivity index is 1.95. The lowest BCUT2D eigenvalue weighted by atomic mass is 9.51. The fourth-order valence-electron chi connectivity index (χ4n) is 6.63. The molecular formula is C34H62O3Si2. The minimum atomic E-state index is -1.93. The zero-order valence-electron chi connectivity index (χ0n) is 27.5. The summed E-state index contributed by atoms with van der Waals surface area (Å²) < 4.78 is 14.3. The molecule has 0 aromatic heterocycles. The van der Waals surface area contributed by atoms with Crippen molar-refractivity contribution in [1.29, 1.82) is 0 Å². The maximum Gasteiger partial charge on any atom is 0.193 e. The highest BCUT2D eigenvalue weighted by Crippen LogP contribution is 2.57. The molecule has 3 fully saturated rings. The van der Waals surface area contributed by atoms with Crippen molar-refractivity contribution in [3.63, 3.8) is 0 Å². The molecule has 0 heterocycles. The lowest BCUT2D eigenvalue weighted by Crippen LogP contribution is -2.54. The first-order valence-electron chi connectivity index (χ1n) is 16.2. The summed E-state index contributed by atoms with van der Waals surface area (Å²) in [5.74, 6) is 10.4. The molecule has 3 aliphatic carbocycles. The molecule has 3 rings (SSSR count). The molecular weight excluding hydrogens is 513 g/mol. The van der Waals surface area contributed by atoms with Gasteiger partial charge in [0.2, 0.25) is 0 Å². The average molecular weight is 575 g/mol. The van der Waals surface area contributed by atoms with Gasteiger partial charge in [0.1, 0.15) is 6.10 Å². The number of aliphatic hydroxyl groups is 1. The van der Waals surface area contributed by atoms with Crippen LogP contribution in [0, 0.1) is 41.4 Å². The fourth-order valence-corrected chi connectivity index (χ4v) is 9.25. The van der Waals surface area contributed by atoms with Gasteiger partial charge in [-0.2, -0.15) is 0 Å². The van der Waals surface area contributed by atoms with E-state index in [1.807, 2.05) is 0 Å². The van der Waals surface area contributed by atoms with Crippen molar-refractivity contribution in [2.75, 3.05) is 6.61 Å². The van der Waals surface area contributed by atoms with Crippen LogP contribution in [0.25, 0.3) is 0 Å². The second kappa shape index (κ2) is 12.9. The first kappa shape index (κ1) is 33.1. The predicted octanol–water partition coefficient (Wildman–Crippen LogP) is 9.34. The van der Waals surface area contributed by atoms with E-state index in [1.54, 1.807) is 5.57 Å². The molecule has 3 saturated carbocycles. The molecule has 0 spiro atoms. The molecule has 0 bridgehead atoms. The smallest absolute Gasteiger partial charge is 0.193 e. The molecule has 224 valence electrons. The standard InChI is InChI=1S/C34H62O3Si2/c1-25-27(19-15-16-24-35)28-20-23-31(37-39(10,11)34(5,6)7)29(32(25)28)21-22-30(26-17-13-12-14-18-26)36-38(8,9)33(2,3)4/h19,25-26,28-32,35H,12-18,20,23-24H2,1-11H3/b27-19-/t25?,28-,29+,30?,31-,32+/m1/s1. The number of allylic oxidation sites excluding steroid dienone is 2. The Kier molecular flexibility index (Phi) is 10.9. The molecule has 3 nitrogen and oxygen atoms in total. The van der Waals surface area contributed by atoms with Crippen LogP contribution in [-0.2, 0) is 8.85 Å². The minimum absolute atomic E-state index is 0.0510. The summed E-state index contributed by atoms with van der Waals surface area (Å²) in [5.41, 5.74) is 1.62. The van der Waals surface area contributed by atoms with Crippen molar-refractivity contribution in [2.45, 2.75) is 155 Å². The zero-order chi connectivity index (χ0) is 29.2. The van der Waals surface area contributed by atoms with Crippen LogP contribution in [0.3, 0.4) is 0 Å². The van der Waals surface area contributed by atoms with Gasteiger partial charge in [-0.25, -0.2) is 0 Å². The summed E-state index contributed by atoms with van der Waals surface area (Å²) in [7, 11) is -3.85. The highest BCUT2D eigenvalue weighted by molar-refractivity contribution is 6.74. The number of fused-ring (bicyclic) bond motifs is 1. The largest absolute Gasteiger partial charge is 0.413 e. The summed E-state index contributed by atoms with van der Waals surface area (Å²) in [5, 5.41) is 9.69. The molecule has 2 unspecified atom stereocenters. The molecule has 39 heavy (non-hydrogen) atoms. The van der Waals surface area contributed by atoms with Crippen LogP contribution in [-0.4, -0.2) is 40.6 Å². The van der Waals surface area contributed by atoms with E-state index in [0.717, 1.165) is 19.3 Å². The topological polar surface area (TPSA) is 38.7 Å². The van der Waals surface area contributed by atoms with Crippen LogP contribution >= 0.6 is 0 Å². The first-order chi connectivity index (χ1) is 18.0.